The zero-order valence-electron chi connectivity index (χ0n) is 11.3. The molecule has 7 heteroatoms. The predicted molar refractivity (Wildman–Crippen MR) is 77.6 cm³/mol. The van der Waals surface area contributed by atoms with Crippen LogP contribution in [0.5, 0.6) is 0 Å². The molecule has 1 aromatic heterocycles. The van der Waals surface area contributed by atoms with Crippen LogP contribution in [0, 0.1) is 0 Å². The topological polar surface area (TPSA) is 80.5 Å². The van der Waals surface area contributed by atoms with Crippen molar-refractivity contribution in [1.82, 2.24) is 15.2 Å². The van der Waals surface area contributed by atoms with E-state index in [0.29, 0.717) is 24.7 Å². The number of ether oxygens (including phenoxy) is 1. The lowest BCUT2D eigenvalue weighted by molar-refractivity contribution is 0.0942. The highest BCUT2D eigenvalue weighted by Gasteiger charge is 2.06. The van der Waals surface area contributed by atoms with Crippen molar-refractivity contribution >= 4 is 24.1 Å². The number of halogens is 1. The number of nitrogen functional groups attached to an aromatic ring is 1. The summed E-state index contributed by atoms with van der Waals surface area (Å²) in [4.78, 5) is 17.8. The molecule has 1 amide bonds. The van der Waals surface area contributed by atoms with E-state index >= 15 is 0 Å². The Hall–Kier alpha value is -1.37. The van der Waals surface area contributed by atoms with Crippen LogP contribution in [0.15, 0.2) is 18.2 Å². The lowest BCUT2D eigenvalue weighted by atomic mass is 10.3. The minimum Gasteiger partial charge on any atom is -0.384 e. The van der Waals surface area contributed by atoms with E-state index in [1.54, 1.807) is 25.3 Å². The molecule has 0 aliphatic carbocycles. The molecule has 0 unspecified atom stereocenters. The Labute approximate surface area is 119 Å². The standard InChI is InChI=1S/C12H20N4O2.ClH/c1-16(8-9-18-2)7-6-14-12(17)10-4-3-5-11(13)15-10;/h3-5H,6-9H2,1-2H3,(H2,13,15)(H,14,17);1H. The van der Waals surface area contributed by atoms with Gasteiger partial charge in [-0.3, -0.25) is 4.79 Å². The number of rotatable bonds is 7. The molecule has 3 N–H and O–H groups in total. The first-order valence-electron chi connectivity index (χ1n) is 5.81. The Kier molecular flexibility index (Phi) is 8.86. The number of nitrogens with zero attached hydrogens (tertiary/aromatic N) is 2. The largest absolute Gasteiger partial charge is 0.384 e. The molecule has 0 atom stereocenters. The normalized spacial score (nSPS) is 10.1. The smallest absolute Gasteiger partial charge is 0.270 e. The van der Waals surface area contributed by atoms with Crippen LogP contribution in [-0.2, 0) is 4.74 Å². The van der Waals surface area contributed by atoms with Gasteiger partial charge in [-0.1, -0.05) is 6.07 Å². The molecule has 1 rings (SSSR count). The van der Waals surface area contributed by atoms with Crippen LogP contribution < -0.4 is 11.1 Å². The average Bonchev–Trinajstić information content (AvgIpc) is 2.36. The summed E-state index contributed by atoms with van der Waals surface area (Å²) in [6, 6.07) is 5.00. The molecule has 0 saturated heterocycles. The summed E-state index contributed by atoms with van der Waals surface area (Å²) < 4.78 is 4.97. The van der Waals surface area contributed by atoms with Crippen molar-refractivity contribution in [3.63, 3.8) is 0 Å². The fourth-order valence-electron chi connectivity index (χ4n) is 1.39. The second kappa shape index (κ2) is 9.55. The monoisotopic (exact) mass is 288 g/mol. The van der Waals surface area contributed by atoms with Gasteiger partial charge in [-0.05, 0) is 19.2 Å². The van der Waals surface area contributed by atoms with Crippen molar-refractivity contribution in [1.29, 1.82) is 0 Å². The molecule has 0 fully saturated rings. The number of nitrogens with one attached hydrogen (secondary N) is 1. The number of carbonyl (C=O) groups is 1. The molecule has 0 aliphatic rings. The first-order chi connectivity index (χ1) is 8.63. The van der Waals surface area contributed by atoms with E-state index in [9.17, 15) is 4.79 Å². The molecule has 19 heavy (non-hydrogen) atoms. The van der Waals surface area contributed by atoms with E-state index in [0.717, 1.165) is 13.1 Å². The zero-order chi connectivity index (χ0) is 13.4. The molecule has 0 radical (unpaired) electrons. The molecular formula is C12H21ClN4O2. The summed E-state index contributed by atoms with van der Waals surface area (Å²) in [5.41, 5.74) is 5.86. The lowest BCUT2D eigenvalue weighted by Gasteiger charge is -2.16. The molecule has 0 aromatic carbocycles. The minimum absolute atomic E-state index is 0. The first kappa shape index (κ1) is 17.6. The summed E-state index contributed by atoms with van der Waals surface area (Å²) in [6.45, 7) is 2.84. The molecule has 1 aromatic rings. The fourth-order valence-corrected chi connectivity index (χ4v) is 1.39. The van der Waals surface area contributed by atoms with Gasteiger partial charge in [0.25, 0.3) is 5.91 Å². The van der Waals surface area contributed by atoms with Crippen LogP contribution in [0.25, 0.3) is 0 Å². The van der Waals surface area contributed by atoms with E-state index < -0.39 is 0 Å². The van der Waals surface area contributed by atoms with E-state index in [1.807, 2.05) is 7.05 Å². The number of hydrogen-bond donors (Lipinski definition) is 2. The second-order valence-corrected chi connectivity index (χ2v) is 4.00. The fraction of sp³-hybridized carbons (Fsp3) is 0.500. The van der Waals surface area contributed by atoms with Crippen molar-refractivity contribution in [3.05, 3.63) is 23.9 Å². The molecule has 0 spiro atoms. The summed E-state index contributed by atoms with van der Waals surface area (Å²) in [5.74, 6) is 0.141. The number of methoxy groups -OCH3 is 1. The Morgan fingerprint density at radius 1 is 1.47 bits per heavy atom. The quantitative estimate of drug-likeness (QED) is 0.759. The van der Waals surface area contributed by atoms with Gasteiger partial charge >= 0.3 is 0 Å². The number of likely N-dealkylation sites (N-methyl/N-ethyl adjacent to an activating group) is 1. The Morgan fingerprint density at radius 3 is 2.84 bits per heavy atom. The zero-order valence-corrected chi connectivity index (χ0v) is 12.1. The summed E-state index contributed by atoms with van der Waals surface area (Å²) in [5, 5.41) is 2.79. The maximum absolute atomic E-state index is 11.7. The Morgan fingerprint density at radius 2 is 2.21 bits per heavy atom. The van der Waals surface area contributed by atoms with Crippen molar-refractivity contribution in [2.24, 2.45) is 0 Å². The molecule has 6 nitrogen and oxygen atoms in total. The highest BCUT2D eigenvalue weighted by molar-refractivity contribution is 5.92. The Balaban J connectivity index is 0.00000324. The summed E-state index contributed by atoms with van der Waals surface area (Å²) in [7, 11) is 3.64. The van der Waals surface area contributed by atoms with Crippen molar-refractivity contribution in [2.75, 3.05) is 46.1 Å². The maximum atomic E-state index is 11.7. The van der Waals surface area contributed by atoms with E-state index in [2.05, 4.69) is 15.2 Å². The molecule has 0 bridgehead atoms. The van der Waals surface area contributed by atoms with Crippen molar-refractivity contribution in [3.8, 4) is 0 Å². The lowest BCUT2D eigenvalue weighted by Crippen LogP contribution is -2.34. The van der Waals surface area contributed by atoms with Gasteiger partial charge in [-0.2, -0.15) is 0 Å². The van der Waals surface area contributed by atoms with E-state index in [4.69, 9.17) is 10.5 Å². The number of aromatic nitrogens is 1. The minimum atomic E-state index is -0.206. The average molecular weight is 289 g/mol. The maximum Gasteiger partial charge on any atom is 0.270 e. The van der Waals surface area contributed by atoms with Crippen LogP contribution >= 0.6 is 12.4 Å². The van der Waals surface area contributed by atoms with Crippen LogP contribution in [0.3, 0.4) is 0 Å². The van der Waals surface area contributed by atoms with Gasteiger partial charge in [-0.25, -0.2) is 4.98 Å². The van der Waals surface area contributed by atoms with Crippen LogP contribution in [0.4, 0.5) is 5.82 Å². The number of amides is 1. The van der Waals surface area contributed by atoms with Gasteiger partial charge in [0, 0.05) is 26.7 Å². The summed E-state index contributed by atoms with van der Waals surface area (Å²) >= 11 is 0. The molecule has 108 valence electrons. The molecule has 0 aliphatic heterocycles. The third kappa shape index (κ3) is 6.95. The summed E-state index contributed by atoms with van der Waals surface area (Å²) in [6.07, 6.45) is 0. The van der Waals surface area contributed by atoms with Crippen molar-refractivity contribution < 1.29 is 9.53 Å². The van der Waals surface area contributed by atoms with Gasteiger partial charge in [0.15, 0.2) is 0 Å². The van der Waals surface area contributed by atoms with Gasteiger partial charge in [-0.15, -0.1) is 12.4 Å². The number of nitrogens with two attached hydrogens (primary N) is 1. The van der Waals surface area contributed by atoms with Gasteiger partial charge in [0.1, 0.15) is 11.5 Å². The Bertz CT molecular complexity index is 390. The van der Waals surface area contributed by atoms with E-state index in [1.165, 1.54) is 0 Å². The number of carbonyl (C=O) groups excluding carboxylic acids is 1. The highest BCUT2D eigenvalue weighted by Crippen LogP contribution is 1.99. The number of anilines is 1. The van der Waals surface area contributed by atoms with Gasteiger partial charge < -0.3 is 20.7 Å². The highest BCUT2D eigenvalue weighted by atomic mass is 35.5. The first-order valence-corrected chi connectivity index (χ1v) is 5.81. The predicted octanol–water partition coefficient (Wildman–Crippen LogP) is 0.394. The van der Waals surface area contributed by atoms with Crippen LogP contribution in [0.1, 0.15) is 10.5 Å². The van der Waals surface area contributed by atoms with Crippen LogP contribution in [0.2, 0.25) is 0 Å². The van der Waals surface area contributed by atoms with Crippen LogP contribution in [-0.4, -0.2) is 56.2 Å². The molecule has 0 saturated carbocycles. The van der Waals surface area contributed by atoms with E-state index in [-0.39, 0.29) is 18.3 Å². The molecule has 1 heterocycles. The van der Waals surface area contributed by atoms with Gasteiger partial charge in [0.2, 0.25) is 0 Å². The van der Waals surface area contributed by atoms with Crippen molar-refractivity contribution in [2.45, 2.75) is 0 Å². The third-order valence-electron chi connectivity index (χ3n) is 2.46. The SMILES string of the molecule is COCCN(C)CCNC(=O)c1cccc(N)n1.Cl. The molecular weight excluding hydrogens is 268 g/mol. The third-order valence-corrected chi connectivity index (χ3v) is 2.46. The van der Waals surface area contributed by atoms with Gasteiger partial charge in [0.05, 0.1) is 6.61 Å². The second-order valence-electron chi connectivity index (χ2n) is 4.00. The number of hydrogen-bond acceptors (Lipinski definition) is 5. The number of pyridine rings is 1.